The summed E-state index contributed by atoms with van der Waals surface area (Å²) in [6.07, 6.45) is 7.04. The summed E-state index contributed by atoms with van der Waals surface area (Å²) in [7, 11) is 0. The molecule has 1 fully saturated rings. The van der Waals surface area contributed by atoms with E-state index in [2.05, 4.69) is 33.3 Å². The van der Waals surface area contributed by atoms with Crippen LogP contribution in [0.15, 0.2) is 12.3 Å². The van der Waals surface area contributed by atoms with Crippen molar-refractivity contribution in [2.24, 2.45) is 0 Å². The van der Waals surface area contributed by atoms with E-state index < -0.39 is 0 Å². The van der Waals surface area contributed by atoms with Crippen LogP contribution in [0, 0.1) is 13.8 Å². The second-order valence-electron chi connectivity index (χ2n) is 5.80. The van der Waals surface area contributed by atoms with Crippen molar-refractivity contribution in [2.45, 2.75) is 45.6 Å². The van der Waals surface area contributed by atoms with Crippen molar-refractivity contribution in [3.05, 3.63) is 23.8 Å². The molecule has 0 bridgehead atoms. The molecule has 0 aliphatic heterocycles. The highest BCUT2D eigenvalue weighted by Gasteiger charge is 2.18. The molecule has 1 saturated carbocycles. The number of aryl methyl sites for hydroxylation is 2. The molecule has 1 N–H and O–H groups in total. The van der Waals surface area contributed by atoms with E-state index in [1.165, 1.54) is 41.2 Å². The molecule has 3 aromatic rings. The van der Waals surface area contributed by atoms with Crippen LogP contribution in [0.2, 0.25) is 0 Å². The second kappa shape index (κ2) is 4.91. The molecule has 0 unspecified atom stereocenters. The second-order valence-corrected chi connectivity index (χ2v) is 6.80. The quantitative estimate of drug-likeness (QED) is 0.770. The van der Waals surface area contributed by atoms with E-state index >= 15 is 0 Å². The predicted octanol–water partition coefficient (Wildman–Crippen LogP) is 4.21. The van der Waals surface area contributed by atoms with Crippen molar-refractivity contribution in [3.8, 4) is 0 Å². The summed E-state index contributed by atoms with van der Waals surface area (Å²) in [6.45, 7) is 4.01. The van der Waals surface area contributed by atoms with Crippen molar-refractivity contribution in [1.82, 2.24) is 15.0 Å². The molecule has 0 saturated heterocycles. The van der Waals surface area contributed by atoms with Crippen LogP contribution in [-0.4, -0.2) is 21.0 Å². The first-order valence-corrected chi connectivity index (χ1v) is 8.33. The SMILES string of the molecule is Cc1nc(C)c2c(n1)sc1c(NC3CCCC3)nccc12. The summed E-state index contributed by atoms with van der Waals surface area (Å²) in [5.74, 6) is 1.85. The minimum atomic E-state index is 0.572. The van der Waals surface area contributed by atoms with E-state index in [-0.39, 0.29) is 0 Å². The van der Waals surface area contributed by atoms with Crippen LogP contribution in [0.3, 0.4) is 0 Å². The molecule has 21 heavy (non-hydrogen) atoms. The average Bonchev–Trinajstić information content (AvgIpc) is 3.05. The third-order valence-electron chi connectivity index (χ3n) is 4.24. The third kappa shape index (κ3) is 2.16. The number of anilines is 1. The van der Waals surface area contributed by atoms with Crippen LogP contribution >= 0.6 is 11.3 Å². The molecule has 0 atom stereocenters. The van der Waals surface area contributed by atoms with Gasteiger partial charge in [0.1, 0.15) is 16.5 Å². The Labute approximate surface area is 127 Å². The summed E-state index contributed by atoms with van der Waals surface area (Å²) >= 11 is 1.72. The fraction of sp³-hybridized carbons (Fsp3) is 0.438. The molecule has 3 aromatic heterocycles. The molecule has 0 amide bonds. The van der Waals surface area contributed by atoms with Gasteiger partial charge in [0.05, 0.1) is 10.4 Å². The van der Waals surface area contributed by atoms with Crippen molar-refractivity contribution >= 4 is 37.5 Å². The third-order valence-corrected chi connectivity index (χ3v) is 5.34. The number of pyridine rings is 1. The first-order valence-electron chi connectivity index (χ1n) is 7.51. The number of thiophene rings is 1. The van der Waals surface area contributed by atoms with Gasteiger partial charge < -0.3 is 5.32 Å². The molecule has 1 aliphatic rings. The maximum atomic E-state index is 4.60. The fourth-order valence-electron chi connectivity index (χ4n) is 3.28. The number of aromatic nitrogens is 3. The number of nitrogens with one attached hydrogen (secondary N) is 1. The summed E-state index contributed by atoms with van der Waals surface area (Å²) in [5, 5.41) is 6.03. The van der Waals surface area contributed by atoms with Crippen molar-refractivity contribution in [3.63, 3.8) is 0 Å². The van der Waals surface area contributed by atoms with Crippen LogP contribution in [-0.2, 0) is 0 Å². The van der Waals surface area contributed by atoms with E-state index in [4.69, 9.17) is 0 Å². The number of hydrogen-bond acceptors (Lipinski definition) is 5. The van der Waals surface area contributed by atoms with E-state index in [1.807, 2.05) is 13.1 Å². The smallest absolute Gasteiger partial charge is 0.144 e. The van der Waals surface area contributed by atoms with Crippen LogP contribution in [0.4, 0.5) is 5.82 Å². The Kier molecular flexibility index (Phi) is 3.03. The van der Waals surface area contributed by atoms with Crippen molar-refractivity contribution < 1.29 is 0 Å². The van der Waals surface area contributed by atoms with Gasteiger partial charge in [-0.05, 0) is 32.8 Å². The van der Waals surface area contributed by atoms with E-state index in [1.54, 1.807) is 11.3 Å². The molecule has 0 spiro atoms. The van der Waals surface area contributed by atoms with Gasteiger partial charge in [-0.2, -0.15) is 0 Å². The van der Waals surface area contributed by atoms with E-state index in [0.717, 1.165) is 22.2 Å². The van der Waals surface area contributed by atoms with Crippen LogP contribution < -0.4 is 5.32 Å². The van der Waals surface area contributed by atoms with Gasteiger partial charge in [-0.15, -0.1) is 11.3 Å². The summed E-state index contributed by atoms with van der Waals surface area (Å²) in [4.78, 5) is 14.7. The highest BCUT2D eigenvalue weighted by Crippen LogP contribution is 2.38. The standard InChI is InChI=1S/C16H18N4S/c1-9-13-12-7-8-17-15(20-11-5-3-4-6-11)14(12)21-16(13)19-10(2)18-9/h7-8,11H,3-6H2,1-2H3,(H,17,20). The van der Waals surface area contributed by atoms with Gasteiger partial charge in [0.25, 0.3) is 0 Å². The number of rotatable bonds is 2. The molecule has 1 aliphatic carbocycles. The lowest BCUT2D eigenvalue weighted by Crippen LogP contribution is -2.15. The molecular formula is C16H18N4S. The van der Waals surface area contributed by atoms with E-state index in [0.29, 0.717) is 6.04 Å². The molecule has 4 rings (SSSR count). The highest BCUT2D eigenvalue weighted by atomic mass is 32.1. The van der Waals surface area contributed by atoms with Gasteiger partial charge in [0.2, 0.25) is 0 Å². The molecular weight excluding hydrogens is 280 g/mol. The zero-order valence-electron chi connectivity index (χ0n) is 12.3. The number of fused-ring (bicyclic) bond motifs is 3. The van der Waals surface area contributed by atoms with Crippen LogP contribution in [0.1, 0.15) is 37.2 Å². The van der Waals surface area contributed by atoms with Gasteiger partial charge in [0, 0.05) is 23.0 Å². The van der Waals surface area contributed by atoms with Crippen LogP contribution in [0.5, 0.6) is 0 Å². The molecule has 0 radical (unpaired) electrons. The Balaban J connectivity index is 1.90. The van der Waals surface area contributed by atoms with Crippen molar-refractivity contribution in [1.29, 1.82) is 0 Å². The highest BCUT2D eigenvalue weighted by molar-refractivity contribution is 7.26. The minimum absolute atomic E-state index is 0.572. The predicted molar refractivity (Wildman–Crippen MR) is 88.1 cm³/mol. The minimum Gasteiger partial charge on any atom is -0.366 e. The molecule has 3 heterocycles. The zero-order chi connectivity index (χ0) is 14.4. The molecule has 0 aromatic carbocycles. The Morgan fingerprint density at radius 1 is 1.19 bits per heavy atom. The summed E-state index contributed by atoms with van der Waals surface area (Å²) in [6, 6.07) is 2.65. The maximum absolute atomic E-state index is 4.60. The zero-order valence-corrected chi connectivity index (χ0v) is 13.1. The summed E-state index contributed by atoms with van der Waals surface area (Å²) in [5.41, 5.74) is 1.06. The fourth-order valence-corrected chi connectivity index (χ4v) is 4.50. The largest absolute Gasteiger partial charge is 0.366 e. The molecule has 5 heteroatoms. The Morgan fingerprint density at radius 3 is 2.81 bits per heavy atom. The van der Waals surface area contributed by atoms with Gasteiger partial charge in [-0.1, -0.05) is 12.8 Å². The number of hydrogen-bond donors (Lipinski definition) is 1. The maximum Gasteiger partial charge on any atom is 0.144 e. The monoisotopic (exact) mass is 298 g/mol. The lowest BCUT2D eigenvalue weighted by molar-refractivity contribution is 0.752. The summed E-state index contributed by atoms with van der Waals surface area (Å²) < 4.78 is 1.21. The normalized spacial score (nSPS) is 16.1. The van der Waals surface area contributed by atoms with Crippen molar-refractivity contribution in [2.75, 3.05) is 5.32 Å². The van der Waals surface area contributed by atoms with Crippen LogP contribution in [0.25, 0.3) is 20.3 Å². The first-order chi connectivity index (χ1) is 10.2. The lowest BCUT2D eigenvalue weighted by Gasteiger charge is -2.12. The Bertz CT molecular complexity index is 818. The van der Waals surface area contributed by atoms with E-state index in [9.17, 15) is 0 Å². The molecule has 4 nitrogen and oxygen atoms in total. The first kappa shape index (κ1) is 13.0. The lowest BCUT2D eigenvalue weighted by atomic mass is 10.2. The Morgan fingerprint density at radius 2 is 2.00 bits per heavy atom. The average molecular weight is 298 g/mol. The van der Waals surface area contributed by atoms with Gasteiger partial charge in [-0.3, -0.25) is 0 Å². The number of nitrogens with zero attached hydrogens (tertiary/aromatic N) is 3. The Hall–Kier alpha value is -1.75. The van der Waals surface area contributed by atoms with Gasteiger partial charge in [0.15, 0.2) is 0 Å². The van der Waals surface area contributed by atoms with Gasteiger partial charge in [-0.25, -0.2) is 15.0 Å². The van der Waals surface area contributed by atoms with Gasteiger partial charge >= 0.3 is 0 Å². The topological polar surface area (TPSA) is 50.7 Å². The molecule has 108 valence electrons.